The van der Waals surface area contributed by atoms with Crippen LogP contribution >= 0.6 is 0 Å². The topological polar surface area (TPSA) is 15.3 Å². The number of halogens is 3. The van der Waals surface area contributed by atoms with E-state index < -0.39 is 12.7 Å². The minimum atomic E-state index is -4.14. The minimum absolute atomic E-state index is 0.0908. The normalized spacial score (nSPS) is 20.2. The van der Waals surface area contributed by atoms with Crippen LogP contribution in [-0.2, 0) is 0 Å². The van der Waals surface area contributed by atoms with E-state index in [1.807, 2.05) is 0 Å². The number of hydrogen-bond acceptors (Lipinski definition) is 2. The first-order valence-corrected chi connectivity index (χ1v) is 6.97. The van der Waals surface area contributed by atoms with E-state index >= 15 is 0 Å². The standard InChI is InChI=1S/C15H21F3N2/c1-11-5-6-14(8-12(11)2)20-7-3-4-13(9-20)19-10-15(16,17)18/h5-6,8,13,19H,3-4,7,9-10H2,1-2H3. The SMILES string of the molecule is Cc1ccc(N2CCCC(NCC(F)(F)F)C2)cc1C. The first-order chi connectivity index (χ1) is 9.35. The lowest BCUT2D eigenvalue weighted by Gasteiger charge is -2.35. The summed E-state index contributed by atoms with van der Waals surface area (Å²) in [4.78, 5) is 2.17. The minimum Gasteiger partial charge on any atom is -0.370 e. The van der Waals surface area contributed by atoms with Crippen LogP contribution in [0, 0.1) is 13.8 Å². The van der Waals surface area contributed by atoms with Crippen LogP contribution in [0.25, 0.3) is 0 Å². The molecule has 20 heavy (non-hydrogen) atoms. The Labute approximate surface area is 118 Å². The molecule has 2 rings (SSSR count). The van der Waals surface area contributed by atoms with Crippen LogP contribution in [-0.4, -0.2) is 31.9 Å². The fourth-order valence-electron chi connectivity index (χ4n) is 2.56. The quantitative estimate of drug-likeness (QED) is 0.916. The number of nitrogens with one attached hydrogen (secondary N) is 1. The van der Waals surface area contributed by atoms with Gasteiger partial charge in [0.1, 0.15) is 0 Å². The maximum Gasteiger partial charge on any atom is 0.401 e. The predicted octanol–water partition coefficient (Wildman–Crippen LogP) is 3.42. The highest BCUT2D eigenvalue weighted by molar-refractivity contribution is 5.51. The molecule has 0 bridgehead atoms. The van der Waals surface area contributed by atoms with E-state index in [0.29, 0.717) is 6.54 Å². The third-order valence-corrected chi connectivity index (χ3v) is 3.87. The van der Waals surface area contributed by atoms with Crippen LogP contribution in [0.4, 0.5) is 18.9 Å². The molecule has 0 saturated carbocycles. The van der Waals surface area contributed by atoms with Gasteiger partial charge in [-0.25, -0.2) is 0 Å². The summed E-state index contributed by atoms with van der Waals surface area (Å²) in [6.07, 6.45) is -2.41. The first kappa shape index (κ1) is 15.2. The van der Waals surface area contributed by atoms with Crippen molar-refractivity contribution in [2.24, 2.45) is 0 Å². The van der Waals surface area contributed by atoms with Crippen molar-refractivity contribution in [3.63, 3.8) is 0 Å². The molecule has 0 aliphatic carbocycles. The first-order valence-electron chi connectivity index (χ1n) is 6.97. The highest BCUT2D eigenvalue weighted by atomic mass is 19.4. The van der Waals surface area contributed by atoms with E-state index in [1.54, 1.807) is 0 Å². The third kappa shape index (κ3) is 4.13. The highest BCUT2D eigenvalue weighted by Crippen LogP contribution is 2.23. The van der Waals surface area contributed by atoms with Gasteiger partial charge in [0.05, 0.1) is 6.54 Å². The highest BCUT2D eigenvalue weighted by Gasteiger charge is 2.29. The van der Waals surface area contributed by atoms with Crippen LogP contribution in [0.15, 0.2) is 18.2 Å². The van der Waals surface area contributed by atoms with Crippen LogP contribution in [0.2, 0.25) is 0 Å². The molecule has 0 aromatic heterocycles. The summed E-state index contributed by atoms with van der Waals surface area (Å²) in [7, 11) is 0. The molecule has 0 radical (unpaired) electrons. The van der Waals surface area contributed by atoms with Gasteiger partial charge in [-0.15, -0.1) is 0 Å². The number of piperidine rings is 1. The molecule has 1 unspecified atom stereocenters. The van der Waals surface area contributed by atoms with Gasteiger partial charge in [-0.3, -0.25) is 0 Å². The van der Waals surface area contributed by atoms with Crippen LogP contribution in [0.5, 0.6) is 0 Å². The van der Waals surface area contributed by atoms with E-state index in [1.165, 1.54) is 11.1 Å². The second-order valence-corrected chi connectivity index (χ2v) is 5.55. The van der Waals surface area contributed by atoms with Crippen molar-refractivity contribution in [1.82, 2.24) is 5.32 Å². The Morgan fingerprint density at radius 1 is 1.25 bits per heavy atom. The number of aryl methyl sites for hydroxylation is 2. The second-order valence-electron chi connectivity index (χ2n) is 5.55. The average molecular weight is 286 g/mol. The van der Waals surface area contributed by atoms with E-state index in [0.717, 1.165) is 25.1 Å². The molecule has 5 heteroatoms. The number of alkyl halides is 3. The monoisotopic (exact) mass is 286 g/mol. The fraction of sp³-hybridized carbons (Fsp3) is 0.600. The van der Waals surface area contributed by atoms with Gasteiger partial charge in [-0.2, -0.15) is 13.2 Å². The molecule has 1 aromatic rings. The Hall–Kier alpha value is -1.23. The van der Waals surface area contributed by atoms with Gasteiger partial charge >= 0.3 is 6.18 Å². The van der Waals surface area contributed by atoms with Gasteiger partial charge in [0.25, 0.3) is 0 Å². The molecule has 1 fully saturated rings. The molecule has 1 atom stereocenters. The maximum atomic E-state index is 12.3. The Morgan fingerprint density at radius 2 is 2.00 bits per heavy atom. The molecule has 2 nitrogen and oxygen atoms in total. The Morgan fingerprint density at radius 3 is 2.65 bits per heavy atom. The molecular formula is C15H21F3N2. The number of hydrogen-bond donors (Lipinski definition) is 1. The van der Waals surface area contributed by atoms with Gasteiger partial charge in [0.15, 0.2) is 0 Å². The lowest BCUT2D eigenvalue weighted by Crippen LogP contribution is -2.48. The van der Waals surface area contributed by atoms with Crippen molar-refractivity contribution < 1.29 is 13.2 Å². The molecule has 112 valence electrons. The number of benzene rings is 1. The van der Waals surface area contributed by atoms with Crippen molar-refractivity contribution in [2.45, 2.75) is 38.9 Å². The predicted molar refractivity (Wildman–Crippen MR) is 75.2 cm³/mol. The summed E-state index contributed by atoms with van der Waals surface area (Å²) < 4.78 is 36.8. The zero-order chi connectivity index (χ0) is 14.8. The van der Waals surface area contributed by atoms with Crippen LogP contribution < -0.4 is 10.2 Å². The zero-order valence-corrected chi connectivity index (χ0v) is 11.9. The van der Waals surface area contributed by atoms with Crippen molar-refractivity contribution in [1.29, 1.82) is 0 Å². The Balaban J connectivity index is 1.97. The summed E-state index contributed by atoms with van der Waals surface area (Å²) in [6.45, 7) is 4.76. The number of nitrogens with zero attached hydrogens (tertiary/aromatic N) is 1. The van der Waals surface area contributed by atoms with Crippen LogP contribution in [0.1, 0.15) is 24.0 Å². The van der Waals surface area contributed by atoms with E-state index in [-0.39, 0.29) is 6.04 Å². The summed E-state index contributed by atoms with van der Waals surface area (Å²) >= 11 is 0. The van der Waals surface area contributed by atoms with Crippen molar-refractivity contribution in [3.8, 4) is 0 Å². The molecule has 1 heterocycles. The summed E-state index contributed by atoms with van der Waals surface area (Å²) in [6, 6.07) is 6.14. The van der Waals surface area contributed by atoms with E-state index in [9.17, 15) is 13.2 Å². The van der Waals surface area contributed by atoms with Gasteiger partial charge in [-0.05, 0) is 49.9 Å². The maximum absolute atomic E-state index is 12.3. The van der Waals surface area contributed by atoms with Gasteiger partial charge in [0, 0.05) is 24.8 Å². The van der Waals surface area contributed by atoms with Gasteiger partial charge in [0.2, 0.25) is 0 Å². The Kier molecular flexibility index (Phi) is 4.58. The second kappa shape index (κ2) is 6.04. The molecule has 1 aliphatic rings. The molecular weight excluding hydrogens is 265 g/mol. The lowest BCUT2D eigenvalue weighted by atomic mass is 10.0. The van der Waals surface area contributed by atoms with Crippen LogP contribution in [0.3, 0.4) is 0 Å². The van der Waals surface area contributed by atoms with Gasteiger partial charge in [-0.1, -0.05) is 6.07 Å². The molecule has 0 spiro atoms. The van der Waals surface area contributed by atoms with Crippen molar-refractivity contribution >= 4 is 5.69 Å². The third-order valence-electron chi connectivity index (χ3n) is 3.87. The fourth-order valence-corrected chi connectivity index (χ4v) is 2.56. The molecule has 1 aromatic carbocycles. The lowest BCUT2D eigenvalue weighted by molar-refractivity contribution is -0.126. The number of rotatable bonds is 3. The summed E-state index contributed by atoms with van der Waals surface area (Å²) in [5.74, 6) is 0. The van der Waals surface area contributed by atoms with Gasteiger partial charge < -0.3 is 10.2 Å². The average Bonchev–Trinajstić information content (AvgIpc) is 2.39. The molecule has 1 aliphatic heterocycles. The van der Waals surface area contributed by atoms with E-state index in [2.05, 4.69) is 42.3 Å². The molecule has 1 saturated heterocycles. The molecule has 1 N–H and O–H groups in total. The van der Waals surface area contributed by atoms with Crippen molar-refractivity contribution in [3.05, 3.63) is 29.3 Å². The summed E-state index contributed by atoms with van der Waals surface area (Å²) in [5, 5.41) is 2.62. The smallest absolute Gasteiger partial charge is 0.370 e. The van der Waals surface area contributed by atoms with Crippen molar-refractivity contribution in [2.75, 3.05) is 24.5 Å². The number of anilines is 1. The largest absolute Gasteiger partial charge is 0.401 e. The zero-order valence-electron chi connectivity index (χ0n) is 11.9. The Bertz CT molecular complexity index is 457. The summed E-state index contributed by atoms with van der Waals surface area (Å²) in [5.41, 5.74) is 3.55. The molecule has 0 amide bonds. The van der Waals surface area contributed by atoms with E-state index in [4.69, 9.17) is 0 Å².